The molecule has 0 aromatic heterocycles. The first-order valence-corrected chi connectivity index (χ1v) is 5.39. The molecular formula is C11H18N2O3. The van der Waals surface area contributed by atoms with Gasteiger partial charge >= 0.3 is 5.97 Å². The van der Waals surface area contributed by atoms with Crippen LogP contribution in [0.3, 0.4) is 0 Å². The molecule has 0 aromatic carbocycles. The average molecular weight is 226 g/mol. The van der Waals surface area contributed by atoms with Crippen LogP contribution in [0.25, 0.3) is 0 Å². The number of likely N-dealkylation sites (tertiary alicyclic amines) is 1. The molecule has 1 atom stereocenters. The van der Waals surface area contributed by atoms with E-state index in [-0.39, 0.29) is 18.4 Å². The topological polar surface area (TPSA) is 58.6 Å². The Bertz CT molecular complexity index is 278. The molecule has 5 nitrogen and oxygen atoms in total. The summed E-state index contributed by atoms with van der Waals surface area (Å²) in [5, 5.41) is 2.93. The minimum atomic E-state index is -0.400. The Balaban J connectivity index is 2.47. The van der Waals surface area contributed by atoms with Gasteiger partial charge in [0.1, 0.15) is 6.04 Å². The van der Waals surface area contributed by atoms with E-state index < -0.39 is 6.04 Å². The van der Waals surface area contributed by atoms with Crippen molar-refractivity contribution < 1.29 is 14.3 Å². The zero-order valence-corrected chi connectivity index (χ0v) is 9.57. The molecular weight excluding hydrogens is 208 g/mol. The molecule has 1 saturated heterocycles. The van der Waals surface area contributed by atoms with Gasteiger partial charge in [0.2, 0.25) is 5.91 Å². The number of nitrogens with one attached hydrogen (secondary N) is 1. The minimum Gasteiger partial charge on any atom is -0.467 e. The molecule has 1 N–H and O–H groups in total. The van der Waals surface area contributed by atoms with Crippen molar-refractivity contribution in [1.29, 1.82) is 0 Å². The maximum absolute atomic E-state index is 11.8. The Morgan fingerprint density at radius 3 is 3.00 bits per heavy atom. The quantitative estimate of drug-likeness (QED) is 0.405. The molecule has 16 heavy (non-hydrogen) atoms. The first-order valence-electron chi connectivity index (χ1n) is 5.39. The zero-order chi connectivity index (χ0) is 12.0. The Morgan fingerprint density at radius 2 is 2.38 bits per heavy atom. The second-order valence-electron chi connectivity index (χ2n) is 3.69. The number of carbonyl (C=O) groups excluding carboxylic acids is 2. The third kappa shape index (κ3) is 3.06. The summed E-state index contributed by atoms with van der Waals surface area (Å²) in [6.07, 6.45) is 3.24. The first-order chi connectivity index (χ1) is 7.70. The smallest absolute Gasteiger partial charge is 0.328 e. The number of amides is 1. The molecule has 0 aliphatic carbocycles. The number of hydrogen-bond acceptors (Lipinski definition) is 4. The van der Waals surface area contributed by atoms with Crippen molar-refractivity contribution in [2.24, 2.45) is 0 Å². The highest BCUT2D eigenvalue weighted by Gasteiger charge is 2.34. The lowest BCUT2D eigenvalue weighted by Gasteiger charge is -2.22. The van der Waals surface area contributed by atoms with Crippen molar-refractivity contribution in [3.05, 3.63) is 12.7 Å². The fraction of sp³-hybridized carbons (Fsp3) is 0.636. The summed E-state index contributed by atoms with van der Waals surface area (Å²) in [4.78, 5) is 24.8. The van der Waals surface area contributed by atoms with Gasteiger partial charge in [0.05, 0.1) is 13.7 Å². The maximum Gasteiger partial charge on any atom is 0.328 e. The van der Waals surface area contributed by atoms with Crippen LogP contribution in [0.4, 0.5) is 0 Å². The molecule has 0 spiro atoms. The average Bonchev–Trinajstić information content (AvgIpc) is 2.77. The van der Waals surface area contributed by atoms with Crippen molar-refractivity contribution in [3.63, 3.8) is 0 Å². The van der Waals surface area contributed by atoms with Crippen LogP contribution in [0.2, 0.25) is 0 Å². The van der Waals surface area contributed by atoms with Gasteiger partial charge in [-0.15, -0.1) is 6.58 Å². The normalized spacial score (nSPS) is 19.6. The molecule has 1 heterocycles. The molecule has 1 amide bonds. The van der Waals surface area contributed by atoms with Crippen LogP contribution in [0.1, 0.15) is 12.8 Å². The molecule has 90 valence electrons. The molecule has 0 radical (unpaired) electrons. The monoisotopic (exact) mass is 226 g/mol. The van der Waals surface area contributed by atoms with E-state index in [1.54, 1.807) is 11.0 Å². The summed E-state index contributed by atoms with van der Waals surface area (Å²) in [7, 11) is 1.35. The second kappa shape index (κ2) is 6.27. The van der Waals surface area contributed by atoms with Gasteiger partial charge in [-0.2, -0.15) is 0 Å². The lowest BCUT2D eigenvalue weighted by molar-refractivity contribution is -0.150. The summed E-state index contributed by atoms with van der Waals surface area (Å²) in [5.41, 5.74) is 0. The Morgan fingerprint density at radius 1 is 1.62 bits per heavy atom. The number of carbonyl (C=O) groups is 2. The van der Waals surface area contributed by atoms with Crippen LogP contribution in [0, 0.1) is 0 Å². The molecule has 0 saturated carbocycles. The third-order valence-corrected chi connectivity index (χ3v) is 2.61. The van der Waals surface area contributed by atoms with Gasteiger partial charge in [0.25, 0.3) is 0 Å². The van der Waals surface area contributed by atoms with Gasteiger partial charge in [0.15, 0.2) is 0 Å². The number of nitrogens with zero attached hydrogens (tertiary/aromatic N) is 1. The summed E-state index contributed by atoms with van der Waals surface area (Å²) >= 11 is 0. The predicted molar refractivity (Wildman–Crippen MR) is 59.8 cm³/mol. The summed E-state index contributed by atoms with van der Waals surface area (Å²) in [6.45, 7) is 5.00. The van der Waals surface area contributed by atoms with E-state index in [2.05, 4.69) is 16.6 Å². The van der Waals surface area contributed by atoms with E-state index in [9.17, 15) is 9.59 Å². The van der Waals surface area contributed by atoms with Crippen LogP contribution in [0.15, 0.2) is 12.7 Å². The van der Waals surface area contributed by atoms with E-state index in [0.717, 1.165) is 6.42 Å². The number of methoxy groups -OCH3 is 1. The summed E-state index contributed by atoms with van der Waals surface area (Å²) in [5.74, 6) is -0.385. The standard InChI is InChI=1S/C11H18N2O3/c1-3-6-12-8-10(14)13-7-4-5-9(13)11(15)16-2/h3,9,12H,1,4-8H2,2H3. The Hall–Kier alpha value is -1.36. The van der Waals surface area contributed by atoms with Crippen molar-refractivity contribution in [1.82, 2.24) is 10.2 Å². The molecule has 1 fully saturated rings. The SMILES string of the molecule is C=CCNCC(=O)N1CCCC1C(=O)OC. The molecule has 1 unspecified atom stereocenters. The number of esters is 1. The highest BCUT2D eigenvalue weighted by atomic mass is 16.5. The maximum atomic E-state index is 11.8. The molecule has 1 aliphatic rings. The van der Waals surface area contributed by atoms with E-state index in [1.165, 1.54) is 7.11 Å². The Kier molecular flexibility index (Phi) is 4.98. The van der Waals surface area contributed by atoms with Crippen LogP contribution >= 0.6 is 0 Å². The highest BCUT2D eigenvalue weighted by Crippen LogP contribution is 2.18. The van der Waals surface area contributed by atoms with Gasteiger partial charge in [-0.1, -0.05) is 6.08 Å². The van der Waals surface area contributed by atoms with Crippen LogP contribution in [-0.2, 0) is 14.3 Å². The number of ether oxygens (including phenoxy) is 1. The molecule has 1 aliphatic heterocycles. The van der Waals surface area contributed by atoms with Crippen LogP contribution in [-0.4, -0.2) is 49.6 Å². The second-order valence-corrected chi connectivity index (χ2v) is 3.69. The lowest BCUT2D eigenvalue weighted by Crippen LogP contribution is -2.44. The van der Waals surface area contributed by atoms with Gasteiger partial charge < -0.3 is 15.0 Å². The summed E-state index contributed by atoms with van der Waals surface area (Å²) < 4.78 is 4.67. The van der Waals surface area contributed by atoms with Crippen molar-refractivity contribution in [3.8, 4) is 0 Å². The van der Waals surface area contributed by atoms with E-state index >= 15 is 0 Å². The van der Waals surface area contributed by atoms with Crippen LogP contribution in [0.5, 0.6) is 0 Å². The van der Waals surface area contributed by atoms with Gasteiger partial charge in [0, 0.05) is 13.1 Å². The number of rotatable bonds is 5. The Labute approximate surface area is 95.4 Å². The fourth-order valence-electron chi connectivity index (χ4n) is 1.83. The first kappa shape index (κ1) is 12.7. The van der Waals surface area contributed by atoms with Crippen LogP contribution < -0.4 is 5.32 Å². The van der Waals surface area contributed by atoms with Gasteiger partial charge in [-0.3, -0.25) is 4.79 Å². The largest absolute Gasteiger partial charge is 0.467 e. The molecule has 0 aromatic rings. The van der Waals surface area contributed by atoms with E-state index in [0.29, 0.717) is 19.5 Å². The predicted octanol–water partition coefficient (Wildman–Crippen LogP) is -0.0740. The molecule has 0 bridgehead atoms. The third-order valence-electron chi connectivity index (χ3n) is 2.61. The number of hydrogen-bond donors (Lipinski definition) is 1. The van der Waals surface area contributed by atoms with Gasteiger partial charge in [-0.05, 0) is 12.8 Å². The molecule has 5 heteroatoms. The van der Waals surface area contributed by atoms with E-state index in [1.807, 2.05) is 0 Å². The fourth-order valence-corrected chi connectivity index (χ4v) is 1.83. The summed E-state index contributed by atoms with van der Waals surface area (Å²) in [6, 6.07) is -0.400. The zero-order valence-electron chi connectivity index (χ0n) is 9.57. The molecule has 1 rings (SSSR count). The minimum absolute atomic E-state index is 0.0604. The van der Waals surface area contributed by atoms with E-state index in [4.69, 9.17) is 0 Å². The van der Waals surface area contributed by atoms with Crippen molar-refractivity contribution in [2.45, 2.75) is 18.9 Å². The van der Waals surface area contributed by atoms with Crippen molar-refractivity contribution >= 4 is 11.9 Å². The lowest BCUT2D eigenvalue weighted by atomic mass is 10.2. The van der Waals surface area contributed by atoms with Gasteiger partial charge in [-0.25, -0.2) is 4.79 Å². The van der Waals surface area contributed by atoms with Crippen molar-refractivity contribution in [2.75, 3.05) is 26.7 Å². The highest BCUT2D eigenvalue weighted by molar-refractivity contribution is 5.86.